The average Bonchev–Trinajstić information content (AvgIpc) is 2.65. The third kappa shape index (κ3) is 5.64. The van der Waals surface area contributed by atoms with Crippen LogP contribution < -0.4 is 0 Å². The van der Waals surface area contributed by atoms with E-state index in [2.05, 4.69) is 19.8 Å². The van der Waals surface area contributed by atoms with Crippen molar-refractivity contribution in [3.8, 4) is 0 Å². The molecular weight excluding hydrogens is 332 g/mol. The summed E-state index contributed by atoms with van der Waals surface area (Å²) in [5.74, 6) is 0.869. The van der Waals surface area contributed by atoms with E-state index in [1.54, 1.807) is 11.8 Å². The maximum Gasteiger partial charge on any atom is 0.187 e. The van der Waals surface area contributed by atoms with Crippen LogP contribution in [0.5, 0.6) is 0 Å². The minimum Gasteiger partial charge on any atom is -0.396 e. The van der Waals surface area contributed by atoms with Crippen molar-refractivity contribution >= 4 is 11.8 Å². The highest BCUT2D eigenvalue weighted by molar-refractivity contribution is 7.98. The fourth-order valence-corrected chi connectivity index (χ4v) is 4.57. The number of hydrogen-bond acceptors (Lipinski definition) is 6. The molecule has 0 unspecified atom stereocenters. The van der Waals surface area contributed by atoms with Gasteiger partial charge < -0.3 is 5.11 Å². The Kier molecular flexibility index (Phi) is 7.52. The Labute approximate surface area is 156 Å². The molecular formula is C19H32N4OS. The van der Waals surface area contributed by atoms with Gasteiger partial charge in [0.2, 0.25) is 0 Å². The van der Waals surface area contributed by atoms with Crippen molar-refractivity contribution in [2.75, 3.05) is 39.0 Å². The zero-order valence-corrected chi connectivity index (χ0v) is 16.3. The number of aromatic nitrogens is 2. The topological polar surface area (TPSA) is 52.5 Å². The van der Waals surface area contributed by atoms with E-state index in [0.717, 1.165) is 43.7 Å². The molecule has 0 bridgehead atoms. The minimum absolute atomic E-state index is 0.283. The van der Waals surface area contributed by atoms with Crippen LogP contribution in [-0.4, -0.2) is 70.0 Å². The molecule has 1 aromatic rings. The molecule has 2 heterocycles. The SMILES string of the molecule is CSc1ncc(CN2CCN(CC3CCCCC3)[C@H](CCO)C2)cn1. The lowest BCUT2D eigenvalue weighted by Crippen LogP contribution is -2.54. The first kappa shape index (κ1) is 19.1. The molecule has 25 heavy (non-hydrogen) atoms. The van der Waals surface area contributed by atoms with Crippen LogP contribution in [0.15, 0.2) is 17.6 Å². The molecule has 0 amide bonds. The van der Waals surface area contributed by atoms with Gasteiger partial charge in [0.1, 0.15) is 0 Å². The van der Waals surface area contributed by atoms with Gasteiger partial charge >= 0.3 is 0 Å². The molecule has 1 N–H and O–H groups in total. The van der Waals surface area contributed by atoms with Gasteiger partial charge in [-0.3, -0.25) is 9.80 Å². The smallest absolute Gasteiger partial charge is 0.187 e. The van der Waals surface area contributed by atoms with Gasteiger partial charge in [-0.25, -0.2) is 9.97 Å². The lowest BCUT2D eigenvalue weighted by atomic mass is 9.88. The lowest BCUT2D eigenvalue weighted by molar-refractivity contribution is 0.0399. The van der Waals surface area contributed by atoms with Gasteiger partial charge in [-0.1, -0.05) is 31.0 Å². The summed E-state index contributed by atoms with van der Waals surface area (Å²) in [6.45, 7) is 5.67. The Hall–Kier alpha value is -0.690. The molecule has 2 fully saturated rings. The summed E-state index contributed by atoms with van der Waals surface area (Å²) in [4.78, 5) is 13.9. The molecule has 6 heteroatoms. The second-order valence-corrected chi connectivity index (χ2v) is 8.25. The average molecular weight is 365 g/mol. The van der Waals surface area contributed by atoms with Gasteiger partial charge in [0.05, 0.1) is 0 Å². The van der Waals surface area contributed by atoms with Gasteiger partial charge in [0.25, 0.3) is 0 Å². The van der Waals surface area contributed by atoms with Crippen molar-refractivity contribution < 1.29 is 5.11 Å². The predicted octanol–water partition coefficient (Wildman–Crippen LogP) is 2.65. The third-order valence-corrected chi connectivity index (χ3v) is 6.21. The van der Waals surface area contributed by atoms with Crippen molar-refractivity contribution in [1.29, 1.82) is 0 Å². The monoisotopic (exact) mass is 364 g/mol. The van der Waals surface area contributed by atoms with Gasteiger partial charge in [0, 0.05) is 63.3 Å². The van der Waals surface area contributed by atoms with Crippen molar-refractivity contribution in [2.24, 2.45) is 5.92 Å². The molecule has 1 aliphatic carbocycles. The van der Waals surface area contributed by atoms with Crippen LogP contribution in [0, 0.1) is 5.92 Å². The van der Waals surface area contributed by atoms with Crippen molar-refractivity contribution in [3.63, 3.8) is 0 Å². The van der Waals surface area contributed by atoms with E-state index >= 15 is 0 Å². The standard InChI is InChI=1S/C19H32N4OS/c1-25-19-20-11-17(12-21-19)13-22-8-9-23(18(15-22)7-10-24)14-16-5-3-2-4-6-16/h11-12,16,18,24H,2-10,13-15H2,1H3/t18-/m1/s1. The fourth-order valence-electron chi connectivity index (χ4n) is 4.25. The van der Waals surface area contributed by atoms with E-state index in [-0.39, 0.29) is 6.61 Å². The molecule has 3 rings (SSSR count). The quantitative estimate of drug-likeness (QED) is 0.593. The van der Waals surface area contributed by atoms with Gasteiger partial charge in [-0.15, -0.1) is 0 Å². The zero-order valence-electron chi connectivity index (χ0n) is 15.4. The lowest BCUT2D eigenvalue weighted by Gasteiger charge is -2.43. The van der Waals surface area contributed by atoms with Crippen LogP contribution in [0.1, 0.15) is 44.1 Å². The molecule has 140 valence electrons. The van der Waals surface area contributed by atoms with Crippen LogP contribution in [0.2, 0.25) is 0 Å². The highest BCUT2D eigenvalue weighted by Crippen LogP contribution is 2.26. The molecule has 1 aliphatic heterocycles. The van der Waals surface area contributed by atoms with E-state index in [4.69, 9.17) is 0 Å². The van der Waals surface area contributed by atoms with E-state index in [9.17, 15) is 5.11 Å². The fraction of sp³-hybridized carbons (Fsp3) is 0.789. The predicted molar refractivity (Wildman–Crippen MR) is 103 cm³/mol. The van der Waals surface area contributed by atoms with Crippen LogP contribution in [-0.2, 0) is 6.54 Å². The van der Waals surface area contributed by atoms with Crippen LogP contribution in [0.3, 0.4) is 0 Å². The Balaban J connectivity index is 1.54. The normalized spacial score (nSPS) is 23.8. The van der Waals surface area contributed by atoms with E-state index < -0.39 is 0 Å². The molecule has 0 aromatic carbocycles. The maximum absolute atomic E-state index is 9.51. The van der Waals surface area contributed by atoms with Crippen LogP contribution in [0.25, 0.3) is 0 Å². The van der Waals surface area contributed by atoms with Crippen molar-refractivity contribution in [3.05, 3.63) is 18.0 Å². The summed E-state index contributed by atoms with van der Waals surface area (Å²) in [5, 5.41) is 10.3. The molecule has 1 atom stereocenters. The van der Waals surface area contributed by atoms with E-state index in [1.165, 1.54) is 44.2 Å². The van der Waals surface area contributed by atoms with Crippen LogP contribution in [0.4, 0.5) is 0 Å². The first-order valence-electron chi connectivity index (χ1n) is 9.70. The highest BCUT2D eigenvalue weighted by Gasteiger charge is 2.28. The summed E-state index contributed by atoms with van der Waals surface area (Å²) in [5.41, 5.74) is 1.18. The summed E-state index contributed by atoms with van der Waals surface area (Å²) in [6, 6.07) is 0.479. The number of piperazine rings is 1. The Bertz CT molecular complexity index is 507. The molecule has 1 saturated heterocycles. The minimum atomic E-state index is 0.283. The first-order valence-corrected chi connectivity index (χ1v) is 10.9. The van der Waals surface area contributed by atoms with Gasteiger partial charge in [-0.2, -0.15) is 0 Å². The van der Waals surface area contributed by atoms with E-state index in [1.807, 2.05) is 18.6 Å². The molecule has 0 radical (unpaired) electrons. The zero-order chi connectivity index (χ0) is 17.5. The molecule has 0 spiro atoms. The second kappa shape index (κ2) is 9.86. The van der Waals surface area contributed by atoms with Crippen molar-refractivity contribution in [1.82, 2.24) is 19.8 Å². The maximum atomic E-state index is 9.51. The molecule has 1 aromatic heterocycles. The first-order chi connectivity index (χ1) is 12.3. The second-order valence-electron chi connectivity index (χ2n) is 7.48. The van der Waals surface area contributed by atoms with Gasteiger partial charge in [0.15, 0.2) is 5.16 Å². The Morgan fingerprint density at radius 3 is 2.60 bits per heavy atom. The number of hydrogen-bond donors (Lipinski definition) is 1. The molecule has 5 nitrogen and oxygen atoms in total. The summed E-state index contributed by atoms with van der Waals surface area (Å²) < 4.78 is 0. The summed E-state index contributed by atoms with van der Waals surface area (Å²) >= 11 is 1.58. The number of aliphatic hydroxyl groups excluding tert-OH is 1. The van der Waals surface area contributed by atoms with Crippen LogP contribution >= 0.6 is 11.8 Å². The van der Waals surface area contributed by atoms with Crippen molar-refractivity contribution in [2.45, 2.75) is 56.3 Å². The number of nitrogens with zero attached hydrogens (tertiary/aromatic N) is 4. The Morgan fingerprint density at radius 2 is 1.92 bits per heavy atom. The van der Waals surface area contributed by atoms with E-state index in [0.29, 0.717) is 6.04 Å². The Morgan fingerprint density at radius 1 is 1.16 bits per heavy atom. The largest absolute Gasteiger partial charge is 0.396 e. The summed E-state index contributed by atoms with van der Waals surface area (Å²) in [6.07, 6.45) is 13.8. The molecule has 1 saturated carbocycles. The number of thioether (sulfide) groups is 1. The van der Waals surface area contributed by atoms with Gasteiger partial charge in [-0.05, 0) is 31.4 Å². The highest BCUT2D eigenvalue weighted by atomic mass is 32.2. The summed E-state index contributed by atoms with van der Waals surface area (Å²) in [7, 11) is 0. The number of rotatable bonds is 7. The third-order valence-electron chi connectivity index (χ3n) is 5.64. The molecule has 2 aliphatic rings. The number of aliphatic hydroxyl groups is 1.